The zero-order chi connectivity index (χ0) is 15.3. The Bertz CT molecular complexity index is 480. The van der Waals surface area contributed by atoms with Gasteiger partial charge in [-0.2, -0.15) is 0 Å². The normalized spacial score (nSPS) is 18.9. The van der Waals surface area contributed by atoms with Crippen LogP contribution in [0.1, 0.15) is 37.8 Å². The molecule has 1 aromatic rings. The summed E-state index contributed by atoms with van der Waals surface area (Å²) in [6, 6.07) is -0.969. The second kappa shape index (κ2) is 6.71. The summed E-state index contributed by atoms with van der Waals surface area (Å²) in [4.78, 5) is 30.6. The highest BCUT2D eigenvalue weighted by atomic mass is 16.4. The Labute approximate surface area is 123 Å². The monoisotopic (exact) mass is 294 g/mol. The van der Waals surface area contributed by atoms with Gasteiger partial charge in [-0.25, -0.2) is 9.78 Å². The van der Waals surface area contributed by atoms with Crippen molar-refractivity contribution < 1.29 is 14.7 Å². The van der Waals surface area contributed by atoms with Gasteiger partial charge in [0.2, 0.25) is 5.91 Å². The molecule has 1 heterocycles. The van der Waals surface area contributed by atoms with Crippen LogP contribution in [0, 0.1) is 5.41 Å². The number of nitrogens with one attached hydrogen (secondary N) is 2. The fourth-order valence-electron chi connectivity index (χ4n) is 2.88. The number of aliphatic carboxylic acids is 1. The Balaban J connectivity index is 2.05. The largest absolute Gasteiger partial charge is 0.480 e. The van der Waals surface area contributed by atoms with Gasteiger partial charge < -0.3 is 21.1 Å². The third-order valence-electron chi connectivity index (χ3n) is 4.27. The molecule has 1 saturated carbocycles. The molecular formula is C14H22N4O3. The minimum atomic E-state index is -1.05. The van der Waals surface area contributed by atoms with Crippen LogP contribution in [0.2, 0.25) is 0 Å². The maximum Gasteiger partial charge on any atom is 0.326 e. The van der Waals surface area contributed by atoms with E-state index in [1.165, 1.54) is 6.33 Å². The van der Waals surface area contributed by atoms with Crippen molar-refractivity contribution in [2.24, 2.45) is 11.1 Å². The average molecular weight is 294 g/mol. The lowest BCUT2D eigenvalue weighted by Gasteiger charge is -2.35. The van der Waals surface area contributed by atoms with Crippen molar-refractivity contribution in [2.45, 2.75) is 44.6 Å². The molecule has 0 aromatic carbocycles. The van der Waals surface area contributed by atoms with Gasteiger partial charge in [-0.1, -0.05) is 19.3 Å². The average Bonchev–Trinajstić information content (AvgIpc) is 3.00. The summed E-state index contributed by atoms with van der Waals surface area (Å²) in [7, 11) is 0. The second-order valence-corrected chi connectivity index (χ2v) is 5.69. The van der Waals surface area contributed by atoms with Crippen molar-refractivity contribution in [2.75, 3.05) is 6.54 Å². The highest BCUT2D eigenvalue weighted by Crippen LogP contribution is 2.35. The van der Waals surface area contributed by atoms with Crippen LogP contribution in [0.3, 0.4) is 0 Å². The second-order valence-electron chi connectivity index (χ2n) is 5.69. The Kier molecular flexibility index (Phi) is 4.95. The van der Waals surface area contributed by atoms with Crippen LogP contribution in [0.4, 0.5) is 0 Å². The van der Waals surface area contributed by atoms with E-state index in [0.29, 0.717) is 5.69 Å². The number of carboxylic acids is 1. The van der Waals surface area contributed by atoms with E-state index in [0.717, 1.165) is 32.1 Å². The summed E-state index contributed by atoms with van der Waals surface area (Å²) in [5, 5.41) is 11.9. The third kappa shape index (κ3) is 3.60. The summed E-state index contributed by atoms with van der Waals surface area (Å²) in [5.74, 6) is -1.29. The highest BCUT2D eigenvalue weighted by Gasteiger charge is 2.39. The van der Waals surface area contributed by atoms with Crippen LogP contribution >= 0.6 is 0 Å². The van der Waals surface area contributed by atoms with E-state index in [4.69, 9.17) is 5.73 Å². The number of carboxylic acid groups (broad SMARTS) is 1. The van der Waals surface area contributed by atoms with Crippen molar-refractivity contribution >= 4 is 11.9 Å². The number of rotatable bonds is 6. The molecule has 0 spiro atoms. The molecule has 1 atom stereocenters. The zero-order valence-electron chi connectivity index (χ0n) is 12.0. The van der Waals surface area contributed by atoms with Gasteiger partial charge in [0.1, 0.15) is 6.04 Å². The maximum atomic E-state index is 12.5. The fourth-order valence-corrected chi connectivity index (χ4v) is 2.88. The summed E-state index contributed by atoms with van der Waals surface area (Å²) >= 11 is 0. The molecule has 1 aliphatic rings. The van der Waals surface area contributed by atoms with E-state index in [1.54, 1.807) is 6.20 Å². The minimum absolute atomic E-state index is 0.182. The van der Waals surface area contributed by atoms with E-state index >= 15 is 0 Å². The molecule has 0 saturated heterocycles. The number of amides is 1. The molecule has 1 aliphatic carbocycles. The third-order valence-corrected chi connectivity index (χ3v) is 4.27. The number of hydrogen-bond donors (Lipinski definition) is 4. The smallest absolute Gasteiger partial charge is 0.326 e. The maximum absolute atomic E-state index is 12.5. The molecule has 116 valence electrons. The van der Waals surface area contributed by atoms with Gasteiger partial charge in [0.25, 0.3) is 0 Å². The lowest BCUT2D eigenvalue weighted by molar-refractivity contribution is -0.144. The Morgan fingerprint density at radius 1 is 1.43 bits per heavy atom. The van der Waals surface area contributed by atoms with E-state index in [-0.39, 0.29) is 18.9 Å². The first-order valence-electron chi connectivity index (χ1n) is 7.28. The summed E-state index contributed by atoms with van der Waals surface area (Å²) < 4.78 is 0. The van der Waals surface area contributed by atoms with Crippen molar-refractivity contribution in [3.63, 3.8) is 0 Å². The minimum Gasteiger partial charge on any atom is -0.480 e. The number of carbonyl (C=O) groups is 2. The Hall–Kier alpha value is -1.89. The quantitative estimate of drug-likeness (QED) is 0.606. The molecule has 1 fully saturated rings. The summed E-state index contributed by atoms with van der Waals surface area (Å²) in [5.41, 5.74) is 5.87. The van der Waals surface area contributed by atoms with Crippen LogP contribution in [0.25, 0.3) is 0 Å². The predicted molar refractivity (Wildman–Crippen MR) is 76.4 cm³/mol. The molecule has 1 amide bonds. The van der Waals surface area contributed by atoms with Gasteiger partial charge >= 0.3 is 5.97 Å². The molecule has 0 unspecified atom stereocenters. The number of imidazole rings is 1. The lowest BCUT2D eigenvalue weighted by Crippen LogP contribution is -2.52. The molecule has 21 heavy (non-hydrogen) atoms. The fraction of sp³-hybridized carbons (Fsp3) is 0.643. The topological polar surface area (TPSA) is 121 Å². The van der Waals surface area contributed by atoms with E-state index in [9.17, 15) is 14.7 Å². The van der Waals surface area contributed by atoms with Gasteiger partial charge in [-0.3, -0.25) is 4.79 Å². The molecule has 7 nitrogen and oxygen atoms in total. The van der Waals surface area contributed by atoms with E-state index in [1.807, 2.05) is 0 Å². The standard InChI is InChI=1S/C14H22N4O3/c15-8-14(4-2-1-3-5-14)13(21)18-11(12(19)20)6-10-7-16-9-17-10/h7,9,11H,1-6,8,15H2,(H,16,17)(H,18,21)(H,19,20)/t11-/m1/s1. The molecule has 0 aliphatic heterocycles. The Morgan fingerprint density at radius 3 is 2.67 bits per heavy atom. The van der Waals surface area contributed by atoms with Crippen LogP contribution in [-0.2, 0) is 16.0 Å². The van der Waals surface area contributed by atoms with E-state index < -0.39 is 17.4 Å². The molecule has 7 heteroatoms. The number of H-pyrrole nitrogens is 1. The van der Waals surface area contributed by atoms with Crippen molar-refractivity contribution in [1.29, 1.82) is 0 Å². The molecule has 0 bridgehead atoms. The van der Waals surface area contributed by atoms with Crippen molar-refractivity contribution in [3.05, 3.63) is 18.2 Å². The first-order chi connectivity index (χ1) is 10.1. The van der Waals surface area contributed by atoms with Crippen LogP contribution in [0.15, 0.2) is 12.5 Å². The molecular weight excluding hydrogens is 272 g/mol. The SMILES string of the molecule is NCC1(C(=O)N[C@H](Cc2cnc[nH]2)C(=O)O)CCCCC1. The number of nitrogens with two attached hydrogens (primary N) is 1. The molecule has 5 N–H and O–H groups in total. The van der Waals surface area contributed by atoms with Gasteiger partial charge in [0, 0.05) is 24.9 Å². The molecule has 1 aromatic heterocycles. The Morgan fingerprint density at radius 2 is 2.14 bits per heavy atom. The number of hydrogen-bond acceptors (Lipinski definition) is 4. The first kappa shape index (κ1) is 15.5. The van der Waals surface area contributed by atoms with E-state index in [2.05, 4.69) is 15.3 Å². The molecule has 2 rings (SSSR count). The number of aromatic nitrogens is 2. The van der Waals surface area contributed by atoms with Crippen LogP contribution in [0.5, 0.6) is 0 Å². The predicted octanol–water partition coefficient (Wildman–Crippen LogP) is 0.431. The van der Waals surface area contributed by atoms with Gasteiger partial charge in [0.05, 0.1) is 11.7 Å². The zero-order valence-corrected chi connectivity index (χ0v) is 12.0. The lowest BCUT2D eigenvalue weighted by atomic mass is 9.73. The number of carbonyl (C=O) groups excluding carboxylic acids is 1. The summed E-state index contributed by atoms with van der Waals surface area (Å²) in [6.45, 7) is 0.259. The number of aromatic amines is 1. The van der Waals surface area contributed by atoms with Gasteiger partial charge in [-0.05, 0) is 12.8 Å². The summed E-state index contributed by atoms with van der Waals surface area (Å²) in [6.07, 6.45) is 7.70. The van der Waals surface area contributed by atoms with Crippen molar-refractivity contribution in [1.82, 2.24) is 15.3 Å². The van der Waals surface area contributed by atoms with Crippen molar-refractivity contribution in [3.8, 4) is 0 Å². The van der Waals surface area contributed by atoms with Crippen LogP contribution < -0.4 is 11.1 Å². The van der Waals surface area contributed by atoms with Gasteiger partial charge in [-0.15, -0.1) is 0 Å². The van der Waals surface area contributed by atoms with Crippen LogP contribution in [-0.4, -0.2) is 39.5 Å². The highest BCUT2D eigenvalue weighted by molar-refractivity contribution is 5.87. The number of nitrogens with zero attached hydrogens (tertiary/aromatic N) is 1. The first-order valence-corrected chi connectivity index (χ1v) is 7.28. The van der Waals surface area contributed by atoms with Gasteiger partial charge in [0.15, 0.2) is 0 Å². The molecule has 0 radical (unpaired) electrons.